The van der Waals surface area contributed by atoms with E-state index in [1.165, 1.54) is 0 Å². The minimum absolute atomic E-state index is 0.0586. The van der Waals surface area contributed by atoms with Crippen LogP contribution in [0.3, 0.4) is 0 Å². The van der Waals surface area contributed by atoms with E-state index in [-0.39, 0.29) is 24.8 Å². The molecule has 6 heteroatoms. The average molecular weight is 372 g/mol. The van der Waals surface area contributed by atoms with E-state index in [4.69, 9.17) is 0 Å². The Labute approximate surface area is 162 Å². The Bertz CT molecular complexity index is 1110. The summed E-state index contributed by atoms with van der Waals surface area (Å²) in [5.41, 5.74) is 2.54. The van der Waals surface area contributed by atoms with Gasteiger partial charge in [0.2, 0.25) is 11.8 Å². The van der Waals surface area contributed by atoms with Gasteiger partial charge in [-0.25, -0.2) is 4.98 Å². The Hall–Kier alpha value is -3.67. The first-order valence-corrected chi connectivity index (χ1v) is 9.12. The first-order valence-electron chi connectivity index (χ1n) is 9.12. The molecule has 4 aromatic rings. The molecule has 0 unspecified atom stereocenters. The van der Waals surface area contributed by atoms with Crippen LogP contribution in [0.15, 0.2) is 73.1 Å². The molecule has 140 valence electrons. The summed E-state index contributed by atoms with van der Waals surface area (Å²) in [6, 6.07) is 19.6. The molecule has 4 rings (SSSR count). The summed E-state index contributed by atoms with van der Waals surface area (Å²) >= 11 is 0. The van der Waals surface area contributed by atoms with Crippen LogP contribution in [-0.4, -0.2) is 27.7 Å². The fraction of sp³-hybridized carbons (Fsp3) is 0.136. The highest BCUT2D eigenvalue weighted by atomic mass is 16.2. The highest BCUT2D eigenvalue weighted by molar-refractivity contribution is 5.91. The fourth-order valence-electron chi connectivity index (χ4n) is 3.18. The fourth-order valence-corrected chi connectivity index (χ4v) is 3.18. The van der Waals surface area contributed by atoms with Gasteiger partial charge in [0.1, 0.15) is 5.65 Å². The lowest BCUT2D eigenvalue weighted by Crippen LogP contribution is -2.37. The predicted octanol–water partition coefficient (Wildman–Crippen LogP) is 2.46. The first kappa shape index (κ1) is 17.7. The average Bonchev–Trinajstić information content (AvgIpc) is 3.14. The number of pyridine rings is 1. The Morgan fingerprint density at radius 1 is 0.893 bits per heavy atom. The van der Waals surface area contributed by atoms with Crippen molar-refractivity contribution in [1.82, 2.24) is 20.0 Å². The zero-order valence-electron chi connectivity index (χ0n) is 15.3. The van der Waals surface area contributed by atoms with Crippen LogP contribution in [0, 0.1) is 0 Å². The van der Waals surface area contributed by atoms with Crippen LogP contribution in [0.1, 0.15) is 11.3 Å². The van der Waals surface area contributed by atoms with Crippen molar-refractivity contribution >= 4 is 28.2 Å². The predicted molar refractivity (Wildman–Crippen MR) is 108 cm³/mol. The lowest BCUT2D eigenvalue weighted by Gasteiger charge is -2.08. The number of hydrogen-bond donors (Lipinski definition) is 2. The molecule has 2 N–H and O–H groups in total. The molecule has 0 aliphatic carbocycles. The summed E-state index contributed by atoms with van der Waals surface area (Å²) < 4.78 is 1.90. The van der Waals surface area contributed by atoms with Gasteiger partial charge in [-0.3, -0.25) is 9.59 Å². The smallest absolute Gasteiger partial charge is 0.239 e. The van der Waals surface area contributed by atoms with Crippen molar-refractivity contribution in [2.75, 3.05) is 6.54 Å². The second-order valence-corrected chi connectivity index (χ2v) is 6.57. The number of carbonyl (C=O) groups excluding carboxylic acids is 2. The highest BCUT2D eigenvalue weighted by Crippen LogP contribution is 2.18. The maximum Gasteiger partial charge on any atom is 0.239 e. The molecule has 0 bridgehead atoms. The third kappa shape index (κ3) is 4.01. The third-order valence-corrected chi connectivity index (χ3v) is 4.56. The number of fused-ring (bicyclic) bond motifs is 2. The van der Waals surface area contributed by atoms with Crippen LogP contribution in [0.5, 0.6) is 0 Å². The van der Waals surface area contributed by atoms with Gasteiger partial charge in [-0.05, 0) is 28.5 Å². The first-order chi connectivity index (χ1) is 13.7. The van der Waals surface area contributed by atoms with Gasteiger partial charge < -0.3 is 15.0 Å². The molecule has 0 fully saturated rings. The molecule has 0 radical (unpaired) electrons. The van der Waals surface area contributed by atoms with E-state index in [2.05, 4.69) is 15.6 Å². The maximum atomic E-state index is 12.2. The molecule has 6 nitrogen and oxygen atoms in total. The number of amides is 2. The summed E-state index contributed by atoms with van der Waals surface area (Å²) in [5, 5.41) is 7.61. The maximum absolute atomic E-state index is 12.2. The summed E-state index contributed by atoms with van der Waals surface area (Å²) in [7, 11) is 0. The summed E-state index contributed by atoms with van der Waals surface area (Å²) in [5.74, 6) is -0.428. The number of benzene rings is 2. The molecule has 28 heavy (non-hydrogen) atoms. The summed E-state index contributed by atoms with van der Waals surface area (Å²) in [6.07, 6.45) is 4.01. The number of carbonyl (C=O) groups is 2. The van der Waals surface area contributed by atoms with E-state index in [9.17, 15) is 9.59 Å². The molecule has 2 amide bonds. The van der Waals surface area contributed by atoms with Gasteiger partial charge in [-0.15, -0.1) is 0 Å². The molecule has 0 aliphatic rings. The minimum Gasteiger partial charge on any atom is -0.349 e. The van der Waals surface area contributed by atoms with Gasteiger partial charge in [0.15, 0.2) is 0 Å². The number of nitrogens with zero attached hydrogens (tertiary/aromatic N) is 2. The Kier molecular flexibility index (Phi) is 5.01. The van der Waals surface area contributed by atoms with Gasteiger partial charge in [-0.2, -0.15) is 0 Å². The molecule has 0 atom stereocenters. The summed E-state index contributed by atoms with van der Waals surface area (Å²) in [6.45, 7) is 0.261. The monoisotopic (exact) mass is 372 g/mol. The molecule has 2 aromatic heterocycles. The lowest BCUT2D eigenvalue weighted by atomic mass is 10.0. The van der Waals surface area contributed by atoms with Crippen LogP contribution in [-0.2, 0) is 22.6 Å². The van der Waals surface area contributed by atoms with Crippen LogP contribution >= 0.6 is 0 Å². The van der Waals surface area contributed by atoms with Crippen molar-refractivity contribution in [3.8, 4) is 0 Å². The lowest BCUT2D eigenvalue weighted by molar-refractivity contribution is -0.125. The number of aromatic nitrogens is 2. The molecule has 2 aromatic carbocycles. The number of rotatable bonds is 6. The van der Waals surface area contributed by atoms with Crippen LogP contribution in [0.4, 0.5) is 0 Å². The minimum atomic E-state index is -0.247. The van der Waals surface area contributed by atoms with E-state index in [1.807, 2.05) is 77.5 Å². The third-order valence-electron chi connectivity index (χ3n) is 4.56. The van der Waals surface area contributed by atoms with Gasteiger partial charge in [-0.1, -0.05) is 48.5 Å². The van der Waals surface area contributed by atoms with E-state index in [0.717, 1.165) is 27.7 Å². The molecule has 0 saturated carbocycles. The van der Waals surface area contributed by atoms with Crippen molar-refractivity contribution in [3.63, 3.8) is 0 Å². The quantitative estimate of drug-likeness (QED) is 0.546. The topological polar surface area (TPSA) is 75.5 Å². The van der Waals surface area contributed by atoms with Crippen LogP contribution in [0.25, 0.3) is 16.4 Å². The SMILES string of the molecule is O=C(CNC(=O)Cc1cccc2ccccc12)NCc1cn2ccccc2n1. The number of hydrogen-bond acceptors (Lipinski definition) is 3. The second-order valence-electron chi connectivity index (χ2n) is 6.57. The van der Waals surface area contributed by atoms with Gasteiger partial charge >= 0.3 is 0 Å². The normalized spacial score (nSPS) is 10.9. The van der Waals surface area contributed by atoms with E-state index >= 15 is 0 Å². The van der Waals surface area contributed by atoms with Crippen molar-refractivity contribution in [1.29, 1.82) is 0 Å². The Morgan fingerprint density at radius 3 is 2.61 bits per heavy atom. The van der Waals surface area contributed by atoms with Gasteiger partial charge in [0, 0.05) is 12.4 Å². The van der Waals surface area contributed by atoms with Gasteiger partial charge in [0.05, 0.1) is 25.2 Å². The molecule has 0 aliphatic heterocycles. The Balaban J connectivity index is 1.28. The standard InChI is InChI=1S/C22H20N4O2/c27-21(12-17-8-5-7-16-6-1-2-9-19(16)17)24-14-22(28)23-13-18-15-26-11-4-3-10-20(26)25-18/h1-11,15H,12-14H2,(H,23,28)(H,24,27). The number of nitrogens with one attached hydrogen (secondary N) is 2. The summed E-state index contributed by atoms with van der Waals surface area (Å²) in [4.78, 5) is 28.7. The molecular weight excluding hydrogens is 352 g/mol. The van der Waals surface area contributed by atoms with Crippen LogP contribution < -0.4 is 10.6 Å². The van der Waals surface area contributed by atoms with Crippen molar-refractivity contribution in [3.05, 3.63) is 84.3 Å². The molecule has 0 saturated heterocycles. The molecule has 2 heterocycles. The number of imidazole rings is 1. The van der Waals surface area contributed by atoms with E-state index in [1.54, 1.807) is 0 Å². The van der Waals surface area contributed by atoms with E-state index in [0.29, 0.717) is 6.54 Å². The van der Waals surface area contributed by atoms with Crippen LogP contribution in [0.2, 0.25) is 0 Å². The van der Waals surface area contributed by atoms with Crippen molar-refractivity contribution in [2.45, 2.75) is 13.0 Å². The molecular formula is C22H20N4O2. The van der Waals surface area contributed by atoms with Crippen molar-refractivity contribution in [2.24, 2.45) is 0 Å². The highest BCUT2D eigenvalue weighted by Gasteiger charge is 2.09. The zero-order valence-corrected chi connectivity index (χ0v) is 15.3. The Morgan fingerprint density at radius 2 is 1.71 bits per heavy atom. The van der Waals surface area contributed by atoms with Crippen molar-refractivity contribution < 1.29 is 9.59 Å². The molecule has 0 spiro atoms. The van der Waals surface area contributed by atoms with Gasteiger partial charge in [0.25, 0.3) is 0 Å². The largest absolute Gasteiger partial charge is 0.349 e. The zero-order chi connectivity index (χ0) is 19.3. The second kappa shape index (κ2) is 7.92. The van der Waals surface area contributed by atoms with E-state index < -0.39 is 0 Å².